The molecular weight excluding hydrogens is 503 g/mol. The van der Waals surface area contributed by atoms with Crippen molar-refractivity contribution in [3.63, 3.8) is 0 Å². The van der Waals surface area contributed by atoms with Crippen LogP contribution in [0.4, 0.5) is 14.9 Å². The predicted molar refractivity (Wildman–Crippen MR) is 149 cm³/mol. The van der Waals surface area contributed by atoms with E-state index in [1.165, 1.54) is 12.1 Å². The number of morpholine rings is 1. The van der Waals surface area contributed by atoms with Crippen molar-refractivity contribution in [2.24, 2.45) is 0 Å². The van der Waals surface area contributed by atoms with Crippen LogP contribution in [0, 0.1) is 19.7 Å². The highest BCUT2D eigenvalue weighted by Gasteiger charge is 2.24. The first-order valence-corrected chi connectivity index (χ1v) is 13.7. The Morgan fingerprint density at radius 2 is 1.79 bits per heavy atom. The highest BCUT2D eigenvalue weighted by atomic mass is 32.1. The molecule has 38 heavy (non-hydrogen) atoms. The van der Waals surface area contributed by atoms with Crippen LogP contribution in [0.3, 0.4) is 0 Å². The van der Waals surface area contributed by atoms with Crippen molar-refractivity contribution in [2.75, 3.05) is 51.3 Å². The van der Waals surface area contributed by atoms with Gasteiger partial charge in [0.05, 0.1) is 19.8 Å². The lowest BCUT2D eigenvalue weighted by molar-refractivity contribution is -0.133. The van der Waals surface area contributed by atoms with Crippen LogP contribution in [0.1, 0.15) is 21.6 Å². The van der Waals surface area contributed by atoms with E-state index in [1.807, 2.05) is 49.6 Å². The normalized spacial score (nSPS) is 13.8. The van der Waals surface area contributed by atoms with Gasteiger partial charge in [-0.1, -0.05) is 24.3 Å². The molecule has 0 radical (unpaired) electrons. The second-order valence-electron chi connectivity index (χ2n) is 9.58. The van der Waals surface area contributed by atoms with Crippen molar-refractivity contribution in [3.05, 3.63) is 87.4 Å². The third-order valence-electron chi connectivity index (χ3n) is 6.61. The van der Waals surface area contributed by atoms with Gasteiger partial charge < -0.3 is 19.9 Å². The molecule has 1 saturated heterocycles. The number of anilines is 1. The van der Waals surface area contributed by atoms with E-state index in [-0.39, 0.29) is 24.3 Å². The Morgan fingerprint density at radius 3 is 2.47 bits per heavy atom. The monoisotopic (exact) mass is 538 g/mol. The number of rotatable bonds is 10. The average Bonchev–Trinajstić information content (AvgIpc) is 3.31. The Bertz CT molecular complexity index is 1210. The number of carbonyl (C=O) groups is 2. The van der Waals surface area contributed by atoms with Gasteiger partial charge in [0.2, 0.25) is 5.91 Å². The number of amides is 3. The van der Waals surface area contributed by atoms with Gasteiger partial charge >= 0.3 is 6.03 Å². The molecule has 7 nitrogen and oxygen atoms in total. The molecule has 1 fully saturated rings. The first kappa shape index (κ1) is 27.8. The standard InChI is InChI=1S/C29H35FN4O3S/c1-22-4-3-5-26(18-22)31-29(36)33(12-11-32-13-15-37-16-14-32)21-28(35)34(20-27-23(2)10-17-38-27)19-24-6-8-25(30)9-7-24/h3-10,17-18H,11-16,19-21H2,1-2H3,(H,31,36). The Kier molecular flexibility index (Phi) is 9.86. The molecule has 0 spiro atoms. The van der Waals surface area contributed by atoms with E-state index in [2.05, 4.69) is 10.2 Å². The maximum absolute atomic E-state index is 13.7. The zero-order chi connectivity index (χ0) is 26.9. The number of hydrogen-bond acceptors (Lipinski definition) is 5. The van der Waals surface area contributed by atoms with Gasteiger partial charge in [-0.3, -0.25) is 9.69 Å². The van der Waals surface area contributed by atoms with Crippen LogP contribution in [-0.2, 0) is 22.6 Å². The van der Waals surface area contributed by atoms with Crippen molar-refractivity contribution >= 4 is 29.0 Å². The smallest absolute Gasteiger partial charge is 0.322 e. The largest absolute Gasteiger partial charge is 0.379 e. The van der Waals surface area contributed by atoms with Crippen molar-refractivity contribution in [1.29, 1.82) is 0 Å². The van der Waals surface area contributed by atoms with Crippen LogP contribution < -0.4 is 5.32 Å². The number of benzene rings is 2. The van der Waals surface area contributed by atoms with Gasteiger partial charge in [-0.15, -0.1) is 11.3 Å². The number of urea groups is 1. The topological polar surface area (TPSA) is 65.1 Å². The molecule has 3 aromatic rings. The summed E-state index contributed by atoms with van der Waals surface area (Å²) in [5.74, 6) is -0.480. The van der Waals surface area contributed by atoms with Gasteiger partial charge in [0.15, 0.2) is 0 Å². The minimum Gasteiger partial charge on any atom is -0.379 e. The van der Waals surface area contributed by atoms with Crippen LogP contribution >= 0.6 is 11.3 Å². The van der Waals surface area contributed by atoms with E-state index in [1.54, 1.807) is 33.3 Å². The summed E-state index contributed by atoms with van der Waals surface area (Å²) < 4.78 is 18.9. The van der Waals surface area contributed by atoms with E-state index in [0.717, 1.165) is 34.7 Å². The first-order chi connectivity index (χ1) is 18.4. The van der Waals surface area contributed by atoms with Gasteiger partial charge in [0.1, 0.15) is 12.4 Å². The van der Waals surface area contributed by atoms with Crippen molar-refractivity contribution in [2.45, 2.75) is 26.9 Å². The van der Waals surface area contributed by atoms with E-state index in [4.69, 9.17) is 4.74 Å². The molecule has 1 aliphatic rings. The molecule has 1 N–H and O–H groups in total. The minimum atomic E-state index is -0.317. The van der Waals surface area contributed by atoms with Gasteiger partial charge in [-0.25, -0.2) is 9.18 Å². The molecule has 0 unspecified atom stereocenters. The lowest BCUT2D eigenvalue weighted by atomic mass is 10.2. The molecule has 0 saturated carbocycles. The number of nitrogens with one attached hydrogen (secondary N) is 1. The second kappa shape index (κ2) is 13.5. The van der Waals surface area contributed by atoms with E-state index in [9.17, 15) is 14.0 Å². The maximum Gasteiger partial charge on any atom is 0.322 e. The summed E-state index contributed by atoms with van der Waals surface area (Å²) in [5.41, 5.74) is 3.68. The molecule has 0 aliphatic carbocycles. The number of halogens is 1. The summed E-state index contributed by atoms with van der Waals surface area (Å²) in [6, 6.07) is 15.5. The fourth-order valence-corrected chi connectivity index (χ4v) is 5.23. The highest BCUT2D eigenvalue weighted by molar-refractivity contribution is 7.10. The fraction of sp³-hybridized carbons (Fsp3) is 0.379. The fourth-order valence-electron chi connectivity index (χ4n) is 4.31. The van der Waals surface area contributed by atoms with E-state index < -0.39 is 0 Å². The molecule has 1 aromatic heterocycles. The van der Waals surface area contributed by atoms with Crippen LogP contribution in [-0.4, -0.2) is 72.6 Å². The quantitative estimate of drug-likeness (QED) is 0.399. The maximum atomic E-state index is 13.7. The second-order valence-corrected chi connectivity index (χ2v) is 10.6. The molecular formula is C29H35FN4O3S. The number of ether oxygens (including phenoxy) is 1. The Morgan fingerprint density at radius 1 is 1.03 bits per heavy atom. The summed E-state index contributed by atoms with van der Waals surface area (Å²) in [6.07, 6.45) is 0. The number of nitrogens with zero attached hydrogens (tertiary/aromatic N) is 3. The number of thiophene rings is 1. The zero-order valence-electron chi connectivity index (χ0n) is 22.0. The molecule has 9 heteroatoms. The summed E-state index contributed by atoms with van der Waals surface area (Å²) >= 11 is 1.60. The van der Waals surface area contributed by atoms with Gasteiger partial charge in [-0.2, -0.15) is 0 Å². The first-order valence-electron chi connectivity index (χ1n) is 12.9. The molecule has 202 valence electrons. The number of aryl methyl sites for hydroxylation is 2. The number of carbonyl (C=O) groups excluding carboxylic acids is 2. The summed E-state index contributed by atoms with van der Waals surface area (Å²) in [5, 5.41) is 4.97. The molecule has 1 aliphatic heterocycles. The minimum absolute atomic E-state index is 0.0619. The van der Waals surface area contributed by atoms with Gasteiger partial charge in [0, 0.05) is 43.3 Å². The van der Waals surface area contributed by atoms with Crippen LogP contribution in [0.15, 0.2) is 60.0 Å². The Hall–Kier alpha value is -3.27. The lowest BCUT2D eigenvalue weighted by Gasteiger charge is -2.31. The third kappa shape index (κ3) is 8.11. The van der Waals surface area contributed by atoms with Crippen molar-refractivity contribution in [1.82, 2.24) is 14.7 Å². The average molecular weight is 539 g/mol. The van der Waals surface area contributed by atoms with Gasteiger partial charge in [0.25, 0.3) is 0 Å². The Balaban J connectivity index is 1.51. The van der Waals surface area contributed by atoms with Crippen LogP contribution in [0.2, 0.25) is 0 Å². The van der Waals surface area contributed by atoms with E-state index in [0.29, 0.717) is 45.1 Å². The Labute approximate surface area is 227 Å². The van der Waals surface area contributed by atoms with Crippen molar-refractivity contribution < 1.29 is 18.7 Å². The van der Waals surface area contributed by atoms with Crippen molar-refractivity contribution in [3.8, 4) is 0 Å². The SMILES string of the molecule is Cc1cccc(NC(=O)N(CCN2CCOCC2)CC(=O)N(Cc2ccc(F)cc2)Cc2sccc2C)c1. The summed E-state index contributed by atoms with van der Waals surface area (Å²) in [4.78, 5) is 33.8. The molecule has 2 aromatic carbocycles. The van der Waals surface area contributed by atoms with E-state index >= 15 is 0 Å². The molecule has 0 atom stereocenters. The zero-order valence-corrected chi connectivity index (χ0v) is 22.8. The van der Waals surface area contributed by atoms with Crippen LogP contribution in [0.5, 0.6) is 0 Å². The third-order valence-corrected chi connectivity index (χ3v) is 7.62. The van der Waals surface area contributed by atoms with Gasteiger partial charge in [-0.05, 0) is 66.2 Å². The summed E-state index contributed by atoms with van der Waals surface area (Å²) in [7, 11) is 0. The number of hydrogen-bond donors (Lipinski definition) is 1. The summed E-state index contributed by atoms with van der Waals surface area (Å²) in [6.45, 7) is 8.68. The predicted octanol–water partition coefficient (Wildman–Crippen LogP) is 4.90. The highest BCUT2D eigenvalue weighted by Crippen LogP contribution is 2.20. The molecule has 0 bridgehead atoms. The molecule has 4 rings (SSSR count). The van der Waals surface area contributed by atoms with Crippen LogP contribution in [0.25, 0.3) is 0 Å². The molecule has 3 amide bonds. The lowest BCUT2D eigenvalue weighted by Crippen LogP contribution is -2.48. The molecule has 2 heterocycles.